The van der Waals surface area contributed by atoms with Crippen LogP contribution < -0.4 is 21.3 Å². The summed E-state index contributed by atoms with van der Waals surface area (Å²) in [5.74, 6) is -1.19. The van der Waals surface area contributed by atoms with Crippen molar-refractivity contribution in [3.8, 4) is 0 Å². The highest BCUT2D eigenvalue weighted by Gasteiger charge is 2.41. The van der Waals surface area contributed by atoms with Crippen molar-refractivity contribution in [3.05, 3.63) is 71.8 Å². The first kappa shape index (κ1) is 33.3. The molecule has 40 heavy (non-hydrogen) atoms. The van der Waals surface area contributed by atoms with E-state index < -0.39 is 48.6 Å². The fraction of sp³-hybridized carbons (Fsp3) is 0.533. The topological polar surface area (TPSA) is 141 Å². The molecule has 0 radical (unpaired) electrons. The van der Waals surface area contributed by atoms with Gasteiger partial charge >= 0.3 is 0 Å². The molecule has 2 rings (SSSR count). The third kappa shape index (κ3) is 10.3. The van der Waals surface area contributed by atoms with Crippen LogP contribution in [0.2, 0.25) is 0 Å². The molecule has 2 aromatic rings. The zero-order valence-electron chi connectivity index (χ0n) is 24.3. The van der Waals surface area contributed by atoms with E-state index in [1.54, 1.807) is 14.1 Å². The van der Waals surface area contributed by atoms with Gasteiger partial charge in [0, 0.05) is 0 Å². The van der Waals surface area contributed by atoms with Crippen LogP contribution in [-0.4, -0.2) is 72.9 Å². The highest BCUT2D eigenvalue weighted by atomic mass is 16.5. The minimum atomic E-state index is -1.79. The molecule has 0 saturated carbocycles. The minimum absolute atomic E-state index is 0.00548. The van der Waals surface area contributed by atoms with Crippen molar-refractivity contribution in [3.63, 3.8) is 0 Å². The molecule has 0 fully saturated rings. The van der Waals surface area contributed by atoms with Crippen LogP contribution in [-0.2, 0) is 32.3 Å². The minimum Gasteiger partial charge on any atom is -0.387 e. The summed E-state index contributed by atoms with van der Waals surface area (Å²) >= 11 is 0. The number of aliphatic hydroxyl groups excluding tert-OH is 2. The van der Waals surface area contributed by atoms with E-state index in [0.29, 0.717) is 0 Å². The van der Waals surface area contributed by atoms with Crippen molar-refractivity contribution in [1.29, 1.82) is 0 Å². The lowest BCUT2D eigenvalue weighted by Crippen LogP contribution is -2.60. The number of hydrogen-bond donors (Lipinski definition) is 6. The van der Waals surface area contributed by atoms with E-state index in [-0.39, 0.29) is 25.0 Å². The molecule has 0 heterocycles. The Morgan fingerprint density at radius 1 is 0.650 bits per heavy atom. The lowest BCUT2D eigenvalue weighted by atomic mass is 10.00. The highest BCUT2D eigenvalue weighted by Crippen LogP contribution is 2.17. The van der Waals surface area contributed by atoms with Crippen LogP contribution in [0, 0.1) is 11.8 Å². The maximum atomic E-state index is 13.4. The summed E-state index contributed by atoms with van der Waals surface area (Å²) < 4.78 is 11.8. The number of ether oxygens (including phenoxy) is 2. The van der Waals surface area contributed by atoms with E-state index in [9.17, 15) is 19.8 Å². The Kier molecular flexibility index (Phi) is 14.2. The zero-order chi connectivity index (χ0) is 29.7. The Morgan fingerprint density at radius 2 is 0.975 bits per heavy atom. The maximum absolute atomic E-state index is 13.4. The molecule has 0 unspecified atom stereocenters. The van der Waals surface area contributed by atoms with E-state index in [2.05, 4.69) is 21.3 Å². The van der Waals surface area contributed by atoms with E-state index >= 15 is 0 Å². The first-order valence-corrected chi connectivity index (χ1v) is 13.7. The van der Waals surface area contributed by atoms with E-state index in [1.165, 1.54) is 0 Å². The molecule has 0 aliphatic rings. The second kappa shape index (κ2) is 17.1. The van der Waals surface area contributed by atoms with Crippen molar-refractivity contribution in [2.24, 2.45) is 11.8 Å². The molecule has 0 aliphatic carbocycles. The molecule has 0 aliphatic heterocycles. The molecule has 222 valence electrons. The van der Waals surface area contributed by atoms with Crippen LogP contribution in [0.15, 0.2) is 60.7 Å². The van der Waals surface area contributed by atoms with Gasteiger partial charge in [-0.05, 0) is 37.1 Å². The molecule has 10 nitrogen and oxygen atoms in total. The number of nitrogens with one attached hydrogen (secondary N) is 4. The SMILES string of the molecule is CN[C@H](NC(=O)[C@H](OCc1ccccc1)[C@H](O)[C@@H](O)[C@@H](OCc1ccccc1)C(=O)N[C@H](NC)C(C)C)C(C)C. The molecule has 0 spiro atoms. The number of amides is 2. The van der Waals surface area contributed by atoms with Crippen molar-refractivity contribution in [2.75, 3.05) is 14.1 Å². The molecule has 2 amide bonds. The summed E-state index contributed by atoms with van der Waals surface area (Å²) in [4.78, 5) is 26.7. The van der Waals surface area contributed by atoms with Gasteiger partial charge in [0.1, 0.15) is 12.2 Å². The highest BCUT2D eigenvalue weighted by molar-refractivity contribution is 5.84. The third-order valence-electron chi connectivity index (χ3n) is 6.58. The lowest BCUT2D eigenvalue weighted by molar-refractivity contribution is -0.171. The van der Waals surface area contributed by atoms with E-state index in [4.69, 9.17) is 9.47 Å². The van der Waals surface area contributed by atoms with Gasteiger partial charge in [0.15, 0.2) is 12.2 Å². The monoisotopic (exact) mass is 558 g/mol. The van der Waals surface area contributed by atoms with Gasteiger partial charge in [-0.25, -0.2) is 0 Å². The third-order valence-corrected chi connectivity index (χ3v) is 6.58. The second-order valence-electron chi connectivity index (χ2n) is 10.5. The van der Waals surface area contributed by atoms with Crippen LogP contribution in [0.25, 0.3) is 0 Å². The Labute approximate surface area is 237 Å². The molecule has 2 aromatic carbocycles. The Hall–Kier alpha value is -2.86. The van der Waals surface area contributed by atoms with Gasteiger partial charge in [-0.1, -0.05) is 88.4 Å². The molecule has 6 N–H and O–H groups in total. The summed E-state index contributed by atoms with van der Waals surface area (Å²) in [5.41, 5.74) is 1.55. The van der Waals surface area contributed by atoms with E-state index in [0.717, 1.165) is 11.1 Å². The summed E-state index contributed by atoms with van der Waals surface area (Å²) in [5, 5.41) is 34.4. The van der Waals surface area contributed by atoms with Crippen LogP contribution in [0.3, 0.4) is 0 Å². The Balaban J connectivity index is 2.33. The summed E-state index contributed by atoms with van der Waals surface area (Å²) in [7, 11) is 3.42. The van der Waals surface area contributed by atoms with Crippen molar-refractivity contribution in [2.45, 2.75) is 77.7 Å². The van der Waals surface area contributed by atoms with Crippen molar-refractivity contribution >= 4 is 11.8 Å². The number of rotatable bonds is 17. The van der Waals surface area contributed by atoms with Gasteiger partial charge in [0.2, 0.25) is 0 Å². The van der Waals surface area contributed by atoms with Crippen molar-refractivity contribution in [1.82, 2.24) is 21.3 Å². The Morgan fingerprint density at radius 3 is 1.25 bits per heavy atom. The smallest absolute Gasteiger partial charge is 0.253 e. The molecule has 6 atom stereocenters. The van der Waals surface area contributed by atoms with Crippen LogP contribution in [0.5, 0.6) is 0 Å². The van der Waals surface area contributed by atoms with Crippen molar-refractivity contribution < 1.29 is 29.3 Å². The van der Waals surface area contributed by atoms with Gasteiger partial charge in [0.25, 0.3) is 11.8 Å². The predicted molar refractivity (Wildman–Crippen MR) is 154 cm³/mol. The molecular weight excluding hydrogens is 512 g/mol. The van der Waals surface area contributed by atoms with Gasteiger partial charge in [-0.15, -0.1) is 0 Å². The van der Waals surface area contributed by atoms with Gasteiger partial charge in [0.05, 0.1) is 25.5 Å². The summed E-state index contributed by atoms with van der Waals surface area (Å²) in [6.07, 6.45) is -7.37. The van der Waals surface area contributed by atoms with E-state index in [1.807, 2.05) is 88.4 Å². The largest absolute Gasteiger partial charge is 0.387 e. The fourth-order valence-electron chi connectivity index (χ4n) is 4.15. The number of aliphatic hydroxyl groups is 2. The van der Waals surface area contributed by atoms with Gasteiger partial charge in [-0.2, -0.15) is 0 Å². The first-order valence-electron chi connectivity index (χ1n) is 13.7. The maximum Gasteiger partial charge on any atom is 0.253 e. The standard InChI is InChI=1S/C30H46N4O6/c1-19(2)27(31-5)33-29(37)25(39-17-21-13-9-7-10-14-21)23(35)24(36)26(30(38)34-28(32-6)20(3)4)40-18-22-15-11-8-12-16-22/h7-16,19-20,23-28,31-32,35-36H,17-18H2,1-6H3,(H,33,37)(H,34,38)/t23-,24-,25-,26-,27-,28+/m1/s1. The lowest BCUT2D eigenvalue weighted by Gasteiger charge is -2.33. The summed E-state index contributed by atoms with van der Waals surface area (Å²) in [6.45, 7) is 7.72. The predicted octanol–water partition coefficient (Wildman–Crippen LogP) is 1.51. The molecule has 0 saturated heterocycles. The van der Waals surface area contributed by atoms with Crippen LogP contribution in [0.4, 0.5) is 0 Å². The molecular formula is C30H46N4O6. The fourth-order valence-corrected chi connectivity index (χ4v) is 4.15. The quantitative estimate of drug-likeness (QED) is 0.161. The molecule has 0 aromatic heterocycles. The number of benzene rings is 2. The summed E-state index contributed by atoms with van der Waals surface area (Å²) in [6, 6.07) is 18.3. The zero-order valence-corrected chi connectivity index (χ0v) is 24.3. The van der Waals surface area contributed by atoms with Crippen LogP contribution in [0.1, 0.15) is 38.8 Å². The number of carbonyl (C=O) groups excluding carboxylic acids is 2. The molecule has 10 heteroatoms. The number of hydrogen-bond acceptors (Lipinski definition) is 8. The number of carbonyl (C=O) groups is 2. The van der Waals surface area contributed by atoms with Gasteiger partial charge < -0.3 is 41.0 Å². The molecule has 0 bridgehead atoms. The van der Waals surface area contributed by atoms with Crippen LogP contribution >= 0.6 is 0 Å². The average molecular weight is 559 g/mol. The second-order valence-corrected chi connectivity index (χ2v) is 10.5. The Bertz CT molecular complexity index is 926. The van der Waals surface area contributed by atoms with Gasteiger partial charge in [-0.3, -0.25) is 9.59 Å². The first-order chi connectivity index (χ1) is 19.1. The average Bonchev–Trinajstić information content (AvgIpc) is 2.95. The normalized spacial score (nSPS) is 16.1.